The number of halogens is 1. The van der Waals surface area contributed by atoms with Crippen LogP contribution in [0.15, 0.2) is 36.4 Å². The van der Waals surface area contributed by atoms with Gasteiger partial charge in [-0.15, -0.1) is 0 Å². The lowest BCUT2D eigenvalue weighted by Gasteiger charge is -2.24. The molecule has 0 atom stereocenters. The Morgan fingerprint density at radius 2 is 0.718 bits per heavy atom. The van der Waals surface area contributed by atoms with E-state index in [1.54, 1.807) is 0 Å². The Kier molecular flexibility index (Phi) is 8.26. The number of benzene rings is 3. The van der Waals surface area contributed by atoms with Crippen LogP contribution in [0.2, 0.25) is 0 Å². The number of aromatic hydroxyl groups is 3. The van der Waals surface area contributed by atoms with Crippen LogP contribution in [0.25, 0.3) is 0 Å². The van der Waals surface area contributed by atoms with E-state index in [-0.39, 0.29) is 78.8 Å². The maximum atomic E-state index is 14.4. The molecule has 0 spiro atoms. The molecule has 0 unspecified atom stereocenters. The third-order valence-corrected chi connectivity index (χ3v) is 7.05. The van der Waals surface area contributed by atoms with E-state index in [9.17, 15) is 19.7 Å². The first-order valence-electron chi connectivity index (χ1n) is 13.2. The first-order valence-corrected chi connectivity index (χ1v) is 13.2. The Morgan fingerprint density at radius 3 is 0.949 bits per heavy atom. The van der Waals surface area contributed by atoms with Crippen molar-refractivity contribution in [3.8, 4) is 17.2 Å². The average molecular weight is 539 g/mol. The molecule has 7 heteroatoms. The summed E-state index contributed by atoms with van der Waals surface area (Å²) >= 11 is 0. The predicted octanol–water partition coefficient (Wildman–Crippen LogP) is 7.00. The van der Waals surface area contributed by atoms with E-state index in [0.717, 1.165) is 11.1 Å². The highest BCUT2D eigenvalue weighted by Crippen LogP contribution is 2.35. The minimum absolute atomic E-state index is 0.0562. The normalized spacial score (nSPS) is 15.5. The lowest BCUT2D eigenvalue weighted by molar-refractivity contribution is 0.0926. The van der Waals surface area contributed by atoms with E-state index in [1.807, 2.05) is 24.3 Å². The van der Waals surface area contributed by atoms with Gasteiger partial charge in [0.15, 0.2) is 0 Å². The van der Waals surface area contributed by atoms with Gasteiger partial charge in [0.1, 0.15) is 23.1 Å². The second-order valence-corrected chi connectivity index (χ2v) is 12.3. The molecule has 6 nitrogen and oxygen atoms in total. The molecule has 1 aliphatic rings. The maximum absolute atomic E-state index is 14.4. The van der Waals surface area contributed by atoms with Gasteiger partial charge in [0.05, 0.1) is 39.6 Å². The molecule has 4 rings (SSSR count). The third kappa shape index (κ3) is 6.72. The molecule has 6 bridgehead atoms. The van der Waals surface area contributed by atoms with Crippen molar-refractivity contribution in [2.24, 2.45) is 0 Å². The molecule has 0 amide bonds. The zero-order valence-corrected chi connectivity index (χ0v) is 23.7. The number of ether oxygens (including phenoxy) is 3. The van der Waals surface area contributed by atoms with Gasteiger partial charge in [0.25, 0.3) is 0 Å². The summed E-state index contributed by atoms with van der Waals surface area (Å²) < 4.78 is 32.2. The summed E-state index contributed by atoms with van der Waals surface area (Å²) in [6.07, 6.45) is 0. The highest BCUT2D eigenvalue weighted by molar-refractivity contribution is 5.47. The van der Waals surface area contributed by atoms with Gasteiger partial charge in [0, 0.05) is 33.4 Å². The monoisotopic (exact) mass is 538 g/mol. The minimum atomic E-state index is -0.517. The molecule has 210 valence electrons. The second kappa shape index (κ2) is 11.2. The smallest absolute Gasteiger partial charge is 0.126 e. The van der Waals surface area contributed by atoms with Crippen molar-refractivity contribution in [3.05, 3.63) is 86.7 Å². The van der Waals surface area contributed by atoms with Crippen LogP contribution < -0.4 is 0 Å². The van der Waals surface area contributed by atoms with Gasteiger partial charge in [0.2, 0.25) is 0 Å². The van der Waals surface area contributed by atoms with Crippen molar-refractivity contribution < 1.29 is 33.9 Å². The van der Waals surface area contributed by atoms with Crippen LogP contribution in [0.4, 0.5) is 4.39 Å². The van der Waals surface area contributed by atoms with Gasteiger partial charge in [-0.3, -0.25) is 0 Å². The molecule has 0 fully saturated rings. The van der Waals surface area contributed by atoms with Crippen molar-refractivity contribution in [2.45, 2.75) is 92.0 Å². The van der Waals surface area contributed by atoms with E-state index in [1.165, 1.54) is 12.1 Å². The van der Waals surface area contributed by atoms with Crippen LogP contribution in [0.5, 0.6) is 17.2 Å². The summed E-state index contributed by atoms with van der Waals surface area (Å²) in [6, 6.07) is 10.1. The van der Waals surface area contributed by atoms with E-state index >= 15 is 0 Å². The fraction of sp³-hybridized carbons (Fsp3) is 0.438. The number of hydrogen-bond acceptors (Lipinski definition) is 6. The molecule has 0 saturated heterocycles. The highest BCUT2D eigenvalue weighted by Gasteiger charge is 2.22. The van der Waals surface area contributed by atoms with Crippen molar-refractivity contribution in [3.63, 3.8) is 0 Å². The first-order chi connectivity index (χ1) is 18.2. The number of rotatable bonds is 0. The largest absolute Gasteiger partial charge is 0.507 e. The van der Waals surface area contributed by atoms with Crippen molar-refractivity contribution >= 4 is 0 Å². The summed E-state index contributed by atoms with van der Waals surface area (Å²) in [6.45, 7) is 12.8. The molecule has 0 aromatic heterocycles. The Hall–Kier alpha value is -3.13. The molecule has 0 radical (unpaired) electrons. The first kappa shape index (κ1) is 28.9. The molecular formula is C32H39FO6. The lowest BCUT2D eigenvalue weighted by atomic mass is 9.84. The molecule has 3 aromatic rings. The standard InChI is InChI=1S/C32H39FO6/c1-31(2,3)25-7-19-13-37-14-20-8-26(32(4,5)6)10-22(29(20)35)16-39-18-24-12-27(33)11-23(30(24)36)17-38-15-21(9-25)28(19)34/h7-12,34-36H,13-18H2,1-6H3. The SMILES string of the molecule is CC(C)(C)c1cc2c(O)c(c1)COCc1cc(C(C)(C)C)cc(c1O)COCc1cc(F)cc(c1O)COC2. The zero-order chi connectivity index (χ0) is 28.5. The van der Waals surface area contributed by atoms with Crippen molar-refractivity contribution in [2.75, 3.05) is 0 Å². The molecule has 1 heterocycles. The van der Waals surface area contributed by atoms with E-state index < -0.39 is 5.82 Å². The van der Waals surface area contributed by atoms with E-state index in [4.69, 9.17) is 14.2 Å². The summed E-state index contributed by atoms with van der Waals surface area (Å²) in [5.74, 6) is -0.492. The Labute approximate surface area is 230 Å². The van der Waals surface area contributed by atoms with Crippen LogP contribution in [0.3, 0.4) is 0 Å². The maximum Gasteiger partial charge on any atom is 0.126 e. The molecule has 39 heavy (non-hydrogen) atoms. The van der Waals surface area contributed by atoms with E-state index in [0.29, 0.717) is 22.3 Å². The summed E-state index contributed by atoms with van der Waals surface area (Å²) in [4.78, 5) is 0. The van der Waals surface area contributed by atoms with Gasteiger partial charge in [-0.25, -0.2) is 4.39 Å². The minimum Gasteiger partial charge on any atom is -0.507 e. The molecule has 0 aliphatic carbocycles. The number of phenols is 3. The van der Waals surface area contributed by atoms with Crippen LogP contribution in [0, 0.1) is 5.82 Å². The molecule has 0 saturated carbocycles. The number of hydrogen-bond donors (Lipinski definition) is 3. The molecular weight excluding hydrogens is 499 g/mol. The quantitative estimate of drug-likeness (QED) is 0.286. The van der Waals surface area contributed by atoms with Gasteiger partial charge in [-0.05, 0) is 58.4 Å². The molecule has 1 aliphatic heterocycles. The van der Waals surface area contributed by atoms with Crippen LogP contribution in [-0.2, 0) is 64.7 Å². The average Bonchev–Trinajstić information content (AvgIpc) is 2.83. The highest BCUT2D eigenvalue weighted by atomic mass is 19.1. The number of fused-ring (bicyclic) bond motifs is 6. The Bertz CT molecular complexity index is 1250. The summed E-state index contributed by atoms with van der Waals surface area (Å²) in [5, 5.41) is 33.0. The summed E-state index contributed by atoms with van der Waals surface area (Å²) in [7, 11) is 0. The molecule has 3 aromatic carbocycles. The fourth-order valence-corrected chi connectivity index (χ4v) is 4.58. The summed E-state index contributed by atoms with van der Waals surface area (Å²) in [5.41, 5.74) is 4.52. The van der Waals surface area contributed by atoms with E-state index in [2.05, 4.69) is 41.5 Å². The Balaban J connectivity index is 1.79. The van der Waals surface area contributed by atoms with Crippen molar-refractivity contribution in [1.29, 1.82) is 0 Å². The second-order valence-electron chi connectivity index (χ2n) is 12.3. The van der Waals surface area contributed by atoms with Gasteiger partial charge in [-0.1, -0.05) is 41.5 Å². The zero-order valence-electron chi connectivity index (χ0n) is 23.7. The fourth-order valence-electron chi connectivity index (χ4n) is 4.58. The van der Waals surface area contributed by atoms with Crippen LogP contribution >= 0.6 is 0 Å². The van der Waals surface area contributed by atoms with Gasteiger partial charge in [-0.2, -0.15) is 0 Å². The third-order valence-electron chi connectivity index (χ3n) is 7.05. The topological polar surface area (TPSA) is 88.4 Å². The number of phenolic OH excluding ortho intramolecular Hbond substituents is 3. The van der Waals surface area contributed by atoms with Crippen molar-refractivity contribution in [1.82, 2.24) is 0 Å². The van der Waals surface area contributed by atoms with Gasteiger partial charge >= 0.3 is 0 Å². The Morgan fingerprint density at radius 1 is 0.487 bits per heavy atom. The predicted molar refractivity (Wildman–Crippen MR) is 147 cm³/mol. The lowest BCUT2D eigenvalue weighted by Crippen LogP contribution is -2.14. The van der Waals surface area contributed by atoms with Gasteiger partial charge < -0.3 is 29.5 Å². The van der Waals surface area contributed by atoms with Crippen LogP contribution in [-0.4, -0.2) is 15.3 Å². The molecule has 3 N–H and O–H groups in total. The van der Waals surface area contributed by atoms with Crippen LogP contribution in [0.1, 0.15) is 86.1 Å².